The molecule has 2 N–H and O–H groups in total. The van der Waals surface area contributed by atoms with Crippen molar-refractivity contribution in [3.05, 3.63) is 29.8 Å². The van der Waals surface area contributed by atoms with Gasteiger partial charge >= 0.3 is 12.0 Å². The molecular weight excluding hydrogens is 298 g/mol. The van der Waals surface area contributed by atoms with Crippen molar-refractivity contribution in [3.8, 4) is 0 Å². The lowest BCUT2D eigenvalue weighted by Crippen LogP contribution is -2.45. The Hall–Kier alpha value is -2.57. The van der Waals surface area contributed by atoms with E-state index in [2.05, 4.69) is 5.32 Å². The van der Waals surface area contributed by atoms with E-state index in [0.717, 1.165) is 0 Å². The minimum atomic E-state index is -1.03. The van der Waals surface area contributed by atoms with E-state index in [-0.39, 0.29) is 23.4 Å². The third kappa shape index (κ3) is 4.21. The molecule has 23 heavy (non-hydrogen) atoms. The first-order valence-corrected chi connectivity index (χ1v) is 7.49. The van der Waals surface area contributed by atoms with Gasteiger partial charge in [-0.15, -0.1) is 0 Å². The Balaban J connectivity index is 1.92. The van der Waals surface area contributed by atoms with Crippen molar-refractivity contribution in [1.82, 2.24) is 9.80 Å². The SMILES string of the molecule is CN(C)C(=O)N1CCC(C(=O)Nc2cccc(C(=O)O)c2)CC1. The van der Waals surface area contributed by atoms with Crippen molar-refractivity contribution in [3.63, 3.8) is 0 Å². The molecule has 2 rings (SSSR count). The van der Waals surface area contributed by atoms with Gasteiger partial charge < -0.3 is 20.2 Å². The highest BCUT2D eigenvalue weighted by Gasteiger charge is 2.28. The van der Waals surface area contributed by atoms with Crippen LogP contribution < -0.4 is 5.32 Å². The molecule has 1 aliphatic rings. The van der Waals surface area contributed by atoms with Gasteiger partial charge in [-0.25, -0.2) is 9.59 Å². The van der Waals surface area contributed by atoms with E-state index >= 15 is 0 Å². The van der Waals surface area contributed by atoms with E-state index in [4.69, 9.17) is 5.11 Å². The van der Waals surface area contributed by atoms with Crippen LogP contribution >= 0.6 is 0 Å². The summed E-state index contributed by atoms with van der Waals surface area (Å²) in [5.74, 6) is -1.34. The second-order valence-corrected chi connectivity index (χ2v) is 5.81. The Morgan fingerprint density at radius 3 is 2.43 bits per heavy atom. The first-order valence-electron chi connectivity index (χ1n) is 7.49. The summed E-state index contributed by atoms with van der Waals surface area (Å²) in [7, 11) is 3.41. The van der Waals surface area contributed by atoms with Gasteiger partial charge in [0.05, 0.1) is 5.56 Å². The van der Waals surface area contributed by atoms with Crippen molar-refractivity contribution < 1.29 is 19.5 Å². The molecule has 1 fully saturated rings. The largest absolute Gasteiger partial charge is 0.478 e. The molecule has 1 aromatic rings. The van der Waals surface area contributed by atoms with Crippen LogP contribution in [0, 0.1) is 5.92 Å². The van der Waals surface area contributed by atoms with Crippen LogP contribution in [-0.2, 0) is 4.79 Å². The van der Waals surface area contributed by atoms with Gasteiger partial charge in [-0.05, 0) is 31.0 Å². The number of nitrogens with zero attached hydrogens (tertiary/aromatic N) is 2. The van der Waals surface area contributed by atoms with Crippen molar-refractivity contribution in [2.75, 3.05) is 32.5 Å². The van der Waals surface area contributed by atoms with Crippen LogP contribution in [0.25, 0.3) is 0 Å². The number of hydrogen-bond acceptors (Lipinski definition) is 3. The number of carboxylic acid groups (broad SMARTS) is 1. The van der Waals surface area contributed by atoms with Gasteiger partial charge in [-0.3, -0.25) is 4.79 Å². The highest BCUT2D eigenvalue weighted by Crippen LogP contribution is 2.20. The number of likely N-dealkylation sites (tertiary alicyclic amines) is 1. The van der Waals surface area contributed by atoms with Crippen LogP contribution in [0.5, 0.6) is 0 Å². The molecule has 0 atom stereocenters. The van der Waals surface area contributed by atoms with Crippen molar-refractivity contribution in [2.24, 2.45) is 5.92 Å². The lowest BCUT2D eigenvalue weighted by Gasteiger charge is -2.33. The lowest BCUT2D eigenvalue weighted by molar-refractivity contribution is -0.121. The quantitative estimate of drug-likeness (QED) is 0.887. The first-order chi connectivity index (χ1) is 10.9. The second kappa shape index (κ2) is 7.13. The molecule has 3 amide bonds. The maximum Gasteiger partial charge on any atom is 0.335 e. The predicted octanol–water partition coefficient (Wildman–Crippen LogP) is 1.72. The fourth-order valence-electron chi connectivity index (χ4n) is 2.59. The third-order valence-corrected chi connectivity index (χ3v) is 3.90. The molecule has 1 saturated heterocycles. The Labute approximate surface area is 134 Å². The van der Waals surface area contributed by atoms with Gasteiger partial charge in [-0.1, -0.05) is 6.07 Å². The molecule has 124 valence electrons. The van der Waals surface area contributed by atoms with Gasteiger partial charge in [-0.2, -0.15) is 0 Å². The fraction of sp³-hybridized carbons (Fsp3) is 0.438. The van der Waals surface area contributed by atoms with Crippen molar-refractivity contribution >= 4 is 23.6 Å². The van der Waals surface area contributed by atoms with Gasteiger partial charge in [0.1, 0.15) is 0 Å². The lowest BCUT2D eigenvalue weighted by atomic mass is 9.96. The van der Waals surface area contributed by atoms with Crippen LogP contribution in [-0.4, -0.2) is 60.0 Å². The molecule has 1 aliphatic heterocycles. The number of carbonyl (C=O) groups is 3. The number of carboxylic acids is 1. The van der Waals surface area contributed by atoms with Crippen LogP contribution in [0.3, 0.4) is 0 Å². The number of anilines is 1. The average Bonchev–Trinajstić information content (AvgIpc) is 2.54. The third-order valence-electron chi connectivity index (χ3n) is 3.90. The van der Waals surface area contributed by atoms with Crippen molar-refractivity contribution in [2.45, 2.75) is 12.8 Å². The Bertz CT molecular complexity index is 607. The molecule has 0 spiro atoms. The van der Waals surface area contributed by atoms with Crippen LogP contribution in [0.4, 0.5) is 10.5 Å². The Kier molecular flexibility index (Phi) is 5.20. The molecule has 0 unspecified atom stereocenters. The molecule has 1 aromatic carbocycles. The van der Waals surface area contributed by atoms with Crippen LogP contribution in [0.15, 0.2) is 24.3 Å². The number of carbonyl (C=O) groups excluding carboxylic acids is 2. The summed E-state index contributed by atoms with van der Waals surface area (Å²) in [5.41, 5.74) is 0.607. The fourth-order valence-corrected chi connectivity index (χ4v) is 2.59. The maximum absolute atomic E-state index is 12.3. The van der Waals surface area contributed by atoms with Crippen LogP contribution in [0.1, 0.15) is 23.2 Å². The predicted molar refractivity (Wildman–Crippen MR) is 85.4 cm³/mol. The van der Waals surface area contributed by atoms with Gasteiger partial charge in [0.2, 0.25) is 5.91 Å². The zero-order chi connectivity index (χ0) is 17.0. The molecule has 7 nitrogen and oxygen atoms in total. The summed E-state index contributed by atoms with van der Waals surface area (Å²) in [6.07, 6.45) is 1.20. The van der Waals surface area contributed by atoms with E-state index in [1.54, 1.807) is 31.1 Å². The normalized spacial score (nSPS) is 15.1. The summed E-state index contributed by atoms with van der Waals surface area (Å²) in [6, 6.07) is 6.12. The molecule has 1 heterocycles. The Morgan fingerprint density at radius 2 is 1.87 bits per heavy atom. The molecule has 0 bridgehead atoms. The highest BCUT2D eigenvalue weighted by molar-refractivity contribution is 5.95. The maximum atomic E-state index is 12.3. The number of urea groups is 1. The summed E-state index contributed by atoms with van der Waals surface area (Å²) < 4.78 is 0. The number of rotatable bonds is 3. The molecular formula is C16H21N3O4. The minimum Gasteiger partial charge on any atom is -0.478 e. The minimum absolute atomic E-state index is 0.0435. The first kappa shape index (κ1) is 16.8. The zero-order valence-electron chi connectivity index (χ0n) is 13.3. The number of nitrogens with one attached hydrogen (secondary N) is 1. The Morgan fingerprint density at radius 1 is 1.22 bits per heavy atom. The molecule has 0 aliphatic carbocycles. The molecule has 7 heteroatoms. The number of benzene rings is 1. The van der Waals surface area contributed by atoms with E-state index in [1.165, 1.54) is 17.0 Å². The molecule has 0 radical (unpaired) electrons. The molecule has 0 saturated carbocycles. The molecule has 0 aromatic heterocycles. The second-order valence-electron chi connectivity index (χ2n) is 5.81. The monoisotopic (exact) mass is 319 g/mol. The van der Waals surface area contributed by atoms with Crippen LogP contribution in [0.2, 0.25) is 0 Å². The summed E-state index contributed by atoms with van der Waals surface area (Å²) >= 11 is 0. The number of hydrogen-bond donors (Lipinski definition) is 2. The van der Waals surface area contributed by atoms with E-state index < -0.39 is 5.97 Å². The van der Waals surface area contributed by atoms with Gasteiger partial charge in [0, 0.05) is 38.8 Å². The van der Waals surface area contributed by atoms with E-state index in [9.17, 15) is 14.4 Å². The summed E-state index contributed by atoms with van der Waals surface area (Å²) in [5, 5.41) is 11.7. The smallest absolute Gasteiger partial charge is 0.335 e. The van der Waals surface area contributed by atoms with E-state index in [0.29, 0.717) is 31.6 Å². The highest BCUT2D eigenvalue weighted by atomic mass is 16.4. The average molecular weight is 319 g/mol. The zero-order valence-corrected chi connectivity index (χ0v) is 13.3. The summed E-state index contributed by atoms with van der Waals surface area (Å²) in [4.78, 5) is 38.3. The van der Waals surface area contributed by atoms with E-state index in [1.807, 2.05) is 0 Å². The number of amides is 3. The summed E-state index contributed by atoms with van der Waals surface area (Å²) in [6.45, 7) is 1.09. The van der Waals surface area contributed by atoms with Gasteiger partial charge in [0.15, 0.2) is 0 Å². The number of piperidine rings is 1. The van der Waals surface area contributed by atoms with Crippen molar-refractivity contribution in [1.29, 1.82) is 0 Å². The number of aromatic carboxylic acids is 1. The topological polar surface area (TPSA) is 90.0 Å². The standard InChI is InChI=1S/C16H21N3O4/c1-18(2)16(23)19-8-6-11(7-9-19)14(20)17-13-5-3-4-12(10-13)15(21)22/h3-5,10-11H,6-9H2,1-2H3,(H,17,20)(H,21,22). The van der Waals surface area contributed by atoms with Gasteiger partial charge in [0.25, 0.3) is 0 Å².